The second-order valence-corrected chi connectivity index (χ2v) is 8.61. The molecule has 1 fully saturated rings. The van der Waals surface area contributed by atoms with Crippen LogP contribution in [0.3, 0.4) is 0 Å². The van der Waals surface area contributed by atoms with Gasteiger partial charge in [-0.1, -0.05) is 48.2 Å². The van der Waals surface area contributed by atoms with Crippen molar-refractivity contribution in [2.75, 3.05) is 0 Å². The van der Waals surface area contributed by atoms with E-state index in [4.69, 9.17) is 26.4 Å². The number of aryl methyl sites for hydroxylation is 1. The molecule has 0 bridgehead atoms. The van der Waals surface area contributed by atoms with Crippen molar-refractivity contribution in [1.29, 1.82) is 0 Å². The van der Waals surface area contributed by atoms with Crippen LogP contribution in [0, 0.1) is 13.8 Å². The summed E-state index contributed by atoms with van der Waals surface area (Å²) in [6.07, 6.45) is 9.73. The van der Waals surface area contributed by atoms with Crippen molar-refractivity contribution in [3.05, 3.63) is 58.3 Å². The maximum atomic E-state index is 5.90. The lowest BCUT2D eigenvalue weighted by Gasteiger charge is -2.25. The van der Waals surface area contributed by atoms with Crippen LogP contribution in [0.5, 0.6) is 0 Å². The third kappa shape index (κ3) is 3.78. The smallest absolute Gasteiger partial charge is 0.192 e. The Kier molecular flexibility index (Phi) is 5.36. The first-order valence-corrected chi connectivity index (χ1v) is 11.1. The molecule has 3 aromatic heterocycles. The summed E-state index contributed by atoms with van der Waals surface area (Å²) in [7, 11) is 0. The van der Waals surface area contributed by atoms with Gasteiger partial charge in [0.05, 0.1) is 11.6 Å². The van der Waals surface area contributed by atoms with Crippen LogP contribution in [0.25, 0.3) is 16.7 Å². The monoisotopic (exact) mass is 436 g/mol. The fourth-order valence-corrected chi connectivity index (χ4v) is 4.65. The van der Waals surface area contributed by atoms with Gasteiger partial charge in [0.25, 0.3) is 0 Å². The Morgan fingerprint density at radius 2 is 1.90 bits per heavy atom. The largest absolute Gasteiger partial charge is 0.387 e. The summed E-state index contributed by atoms with van der Waals surface area (Å²) in [6.45, 7) is 4.53. The highest BCUT2D eigenvalue weighted by Gasteiger charge is 2.24. The molecule has 3 heterocycles. The average Bonchev–Trinajstić information content (AvgIpc) is 3.31. The van der Waals surface area contributed by atoms with Gasteiger partial charge in [0.1, 0.15) is 12.0 Å². The van der Waals surface area contributed by atoms with Gasteiger partial charge in [0.2, 0.25) is 0 Å². The summed E-state index contributed by atoms with van der Waals surface area (Å²) in [5.41, 5.74) is 5.24. The van der Waals surface area contributed by atoms with E-state index in [1.165, 1.54) is 43.4 Å². The zero-order valence-corrected chi connectivity index (χ0v) is 18.5. The Bertz CT molecular complexity index is 1250. The van der Waals surface area contributed by atoms with Crippen molar-refractivity contribution >= 4 is 34.5 Å². The molecule has 0 atom stereocenters. The van der Waals surface area contributed by atoms with Crippen molar-refractivity contribution in [3.63, 3.8) is 0 Å². The van der Waals surface area contributed by atoms with Gasteiger partial charge in [0.15, 0.2) is 18.1 Å². The van der Waals surface area contributed by atoms with E-state index in [9.17, 15) is 0 Å². The highest BCUT2D eigenvalue weighted by atomic mass is 35.5. The van der Waals surface area contributed by atoms with Gasteiger partial charge >= 0.3 is 0 Å². The SMILES string of the molecule is Cc1c(C)n(C2CCCCC2)c2ncn3nc(CO/N=C\c4ccc(Cl)cc4)nc3c12. The van der Waals surface area contributed by atoms with Crippen molar-refractivity contribution in [2.24, 2.45) is 5.16 Å². The van der Waals surface area contributed by atoms with E-state index in [2.05, 4.69) is 28.7 Å². The lowest BCUT2D eigenvalue weighted by molar-refractivity contribution is 0.126. The molecule has 0 unspecified atom stereocenters. The molecule has 0 spiro atoms. The lowest BCUT2D eigenvalue weighted by atomic mass is 9.95. The van der Waals surface area contributed by atoms with E-state index in [0.29, 0.717) is 16.9 Å². The Balaban J connectivity index is 1.41. The molecule has 5 rings (SSSR count). The van der Waals surface area contributed by atoms with Crippen LogP contribution in [0.2, 0.25) is 5.02 Å². The van der Waals surface area contributed by atoms with Crippen LogP contribution in [-0.2, 0) is 11.4 Å². The average molecular weight is 437 g/mol. The van der Waals surface area contributed by atoms with E-state index >= 15 is 0 Å². The third-order valence-corrected chi connectivity index (χ3v) is 6.45. The van der Waals surface area contributed by atoms with E-state index in [-0.39, 0.29) is 6.61 Å². The quantitative estimate of drug-likeness (QED) is 0.310. The molecule has 1 aromatic carbocycles. The molecule has 1 saturated carbocycles. The van der Waals surface area contributed by atoms with E-state index in [0.717, 1.165) is 22.2 Å². The summed E-state index contributed by atoms with van der Waals surface area (Å²) in [5.74, 6) is 0.574. The fourth-order valence-electron chi connectivity index (χ4n) is 4.52. The summed E-state index contributed by atoms with van der Waals surface area (Å²) in [5, 5.41) is 10.3. The third-order valence-electron chi connectivity index (χ3n) is 6.20. The van der Waals surface area contributed by atoms with E-state index in [1.807, 2.05) is 24.3 Å². The number of oxime groups is 1. The Hall–Kier alpha value is -2.93. The lowest BCUT2D eigenvalue weighted by Crippen LogP contribution is -2.14. The predicted molar refractivity (Wildman–Crippen MR) is 122 cm³/mol. The van der Waals surface area contributed by atoms with Crippen molar-refractivity contribution in [1.82, 2.24) is 24.1 Å². The molecular formula is C23H25ClN6O. The molecule has 1 aliphatic carbocycles. The Labute approximate surface area is 185 Å². The van der Waals surface area contributed by atoms with Crippen LogP contribution < -0.4 is 0 Å². The Morgan fingerprint density at radius 3 is 2.68 bits per heavy atom. The molecule has 0 N–H and O–H groups in total. The van der Waals surface area contributed by atoms with Crippen LogP contribution in [-0.4, -0.2) is 30.4 Å². The maximum absolute atomic E-state index is 5.90. The van der Waals surface area contributed by atoms with Crippen molar-refractivity contribution in [2.45, 2.75) is 58.6 Å². The summed E-state index contributed by atoms with van der Waals surface area (Å²) < 4.78 is 4.16. The zero-order valence-electron chi connectivity index (χ0n) is 17.8. The maximum Gasteiger partial charge on any atom is 0.192 e. The van der Waals surface area contributed by atoms with Gasteiger partial charge in [-0.15, -0.1) is 5.10 Å². The molecule has 160 valence electrons. The molecule has 4 aromatic rings. The highest BCUT2D eigenvalue weighted by molar-refractivity contribution is 6.30. The first-order valence-electron chi connectivity index (χ1n) is 10.7. The summed E-state index contributed by atoms with van der Waals surface area (Å²) in [6, 6.07) is 7.90. The number of hydrogen-bond donors (Lipinski definition) is 0. The molecule has 31 heavy (non-hydrogen) atoms. The Morgan fingerprint density at radius 1 is 1.13 bits per heavy atom. The van der Waals surface area contributed by atoms with Crippen LogP contribution >= 0.6 is 11.6 Å². The first-order chi connectivity index (χ1) is 15.1. The molecule has 1 aliphatic rings. The van der Waals surface area contributed by atoms with Gasteiger partial charge in [0, 0.05) is 16.8 Å². The summed E-state index contributed by atoms with van der Waals surface area (Å²) >= 11 is 5.90. The van der Waals surface area contributed by atoms with Gasteiger partial charge in [-0.25, -0.2) is 14.5 Å². The molecule has 0 saturated heterocycles. The number of fused-ring (bicyclic) bond motifs is 3. The standard InChI is InChI=1S/C23H25ClN6O/c1-15-16(2)30(19-6-4-3-5-7-19)22-21(15)23-27-20(28-29(23)14-25-22)13-31-26-12-17-8-10-18(24)11-9-17/h8-12,14,19H,3-7,13H2,1-2H3/b26-12-. The topological polar surface area (TPSA) is 69.6 Å². The van der Waals surface area contributed by atoms with Gasteiger partial charge in [-0.05, 0) is 49.9 Å². The van der Waals surface area contributed by atoms with Gasteiger partial charge in [-0.3, -0.25) is 0 Å². The van der Waals surface area contributed by atoms with Crippen LogP contribution in [0.1, 0.15) is 60.8 Å². The fraction of sp³-hybridized carbons (Fsp3) is 0.391. The molecular weight excluding hydrogens is 412 g/mol. The van der Waals surface area contributed by atoms with Crippen LogP contribution in [0.15, 0.2) is 35.7 Å². The number of halogens is 1. The summed E-state index contributed by atoms with van der Waals surface area (Å²) in [4.78, 5) is 14.9. The zero-order chi connectivity index (χ0) is 21.4. The minimum absolute atomic E-state index is 0.189. The number of nitrogens with zero attached hydrogens (tertiary/aromatic N) is 6. The van der Waals surface area contributed by atoms with Crippen molar-refractivity contribution < 1.29 is 4.84 Å². The normalized spacial score (nSPS) is 15.5. The first kappa shape index (κ1) is 20.0. The van der Waals surface area contributed by atoms with E-state index < -0.39 is 0 Å². The highest BCUT2D eigenvalue weighted by Crippen LogP contribution is 2.35. The van der Waals surface area contributed by atoms with Gasteiger partial charge in [-0.2, -0.15) is 0 Å². The minimum Gasteiger partial charge on any atom is -0.387 e. The van der Waals surface area contributed by atoms with Crippen molar-refractivity contribution in [3.8, 4) is 0 Å². The predicted octanol–water partition coefficient (Wildman–Crippen LogP) is 5.41. The molecule has 0 aliphatic heterocycles. The van der Waals surface area contributed by atoms with Crippen LogP contribution in [0.4, 0.5) is 0 Å². The number of aromatic nitrogens is 5. The molecule has 0 amide bonds. The minimum atomic E-state index is 0.189. The second kappa shape index (κ2) is 8.30. The van der Waals surface area contributed by atoms with E-state index in [1.54, 1.807) is 17.1 Å². The molecule has 7 nitrogen and oxygen atoms in total. The number of rotatable bonds is 5. The number of benzene rings is 1. The number of hydrogen-bond acceptors (Lipinski definition) is 5. The second-order valence-electron chi connectivity index (χ2n) is 8.17. The molecule has 8 heteroatoms. The molecule has 0 radical (unpaired) electrons. The van der Waals surface area contributed by atoms with Gasteiger partial charge < -0.3 is 9.40 Å².